The summed E-state index contributed by atoms with van der Waals surface area (Å²) in [6.45, 7) is 7.70. The van der Waals surface area contributed by atoms with Crippen LogP contribution in [-0.4, -0.2) is 44.1 Å². The summed E-state index contributed by atoms with van der Waals surface area (Å²) >= 11 is 0. The lowest BCUT2D eigenvalue weighted by Crippen LogP contribution is -2.39. The zero-order valence-corrected chi connectivity index (χ0v) is 11.9. The number of ether oxygens (including phenoxy) is 1. The van der Waals surface area contributed by atoms with Crippen LogP contribution in [0.4, 0.5) is 0 Å². The number of hydrogen-bond acceptors (Lipinski definition) is 3. The van der Waals surface area contributed by atoms with Crippen molar-refractivity contribution in [3.8, 4) is 5.75 Å². The van der Waals surface area contributed by atoms with Gasteiger partial charge in [0.2, 0.25) is 0 Å². The van der Waals surface area contributed by atoms with Gasteiger partial charge in [0.25, 0.3) is 5.91 Å². The number of nitrogens with one attached hydrogen (secondary N) is 1. The number of hydrogen-bond donors (Lipinski definition) is 1. The van der Waals surface area contributed by atoms with E-state index in [1.54, 1.807) is 7.11 Å². The minimum absolute atomic E-state index is 0.0967. The number of rotatable bonds is 2. The Morgan fingerprint density at radius 1 is 1.32 bits per heavy atom. The second kappa shape index (κ2) is 5.61. The zero-order chi connectivity index (χ0) is 13.9. The Bertz CT molecular complexity index is 440. The van der Waals surface area contributed by atoms with Gasteiger partial charge in [-0.1, -0.05) is 13.8 Å². The molecule has 1 aliphatic rings. The molecule has 1 heterocycles. The molecule has 1 fully saturated rings. The first-order valence-corrected chi connectivity index (χ1v) is 6.66. The maximum Gasteiger partial charge on any atom is 0.253 e. The van der Waals surface area contributed by atoms with Crippen LogP contribution in [0.2, 0.25) is 0 Å². The molecule has 1 aromatic rings. The topological polar surface area (TPSA) is 41.6 Å². The molecule has 1 aromatic carbocycles. The van der Waals surface area contributed by atoms with Gasteiger partial charge in [-0.2, -0.15) is 0 Å². The van der Waals surface area contributed by atoms with E-state index in [0.717, 1.165) is 37.5 Å². The van der Waals surface area contributed by atoms with E-state index in [1.807, 2.05) is 29.2 Å². The smallest absolute Gasteiger partial charge is 0.253 e. The minimum Gasteiger partial charge on any atom is -0.497 e. The molecular weight excluding hydrogens is 240 g/mol. The molecule has 4 heteroatoms. The fourth-order valence-corrected chi connectivity index (χ4v) is 2.38. The highest BCUT2D eigenvalue weighted by Gasteiger charge is 2.27. The fourth-order valence-electron chi connectivity index (χ4n) is 2.38. The second-order valence-electron chi connectivity index (χ2n) is 5.80. The lowest BCUT2D eigenvalue weighted by molar-refractivity contribution is 0.0716. The molecule has 0 unspecified atom stereocenters. The van der Waals surface area contributed by atoms with Gasteiger partial charge < -0.3 is 15.0 Å². The lowest BCUT2D eigenvalue weighted by Gasteiger charge is -2.29. The molecule has 1 saturated heterocycles. The molecule has 0 saturated carbocycles. The summed E-state index contributed by atoms with van der Waals surface area (Å²) < 4.78 is 5.11. The van der Waals surface area contributed by atoms with Crippen LogP contribution in [0.25, 0.3) is 0 Å². The third kappa shape index (κ3) is 3.47. The molecule has 2 rings (SSSR count). The summed E-state index contributed by atoms with van der Waals surface area (Å²) in [6, 6.07) is 7.31. The highest BCUT2D eigenvalue weighted by Crippen LogP contribution is 2.20. The number of benzene rings is 1. The van der Waals surface area contributed by atoms with Gasteiger partial charge >= 0.3 is 0 Å². The van der Waals surface area contributed by atoms with Crippen LogP contribution < -0.4 is 10.1 Å². The number of amides is 1. The number of carbonyl (C=O) groups is 1. The molecule has 0 bridgehead atoms. The Morgan fingerprint density at radius 3 is 2.63 bits per heavy atom. The SMILES string of the molecule is COc1ccc(C(=O)N2CCNCC(C)(C)C2)cc1. The minimum atomic E-state index is 0.0967. The first-order chi connectivity index (χ1) is 9.02. The molecule has 0 radical (unpaired) electrons. The van der Waals surface area contributed by atoms with Crippen molar-refractivity contribution in [3.63, 3.8) is 0 Å². The van der Waals surface area contributed by atoms with Crippen LogP contribution in [0.1, 0.15) is 24.2 Å². The van der Waals surface area contributed by atoms with Gasteiger partial charge in [-0.3, -0.25) is 4.79 Å². The largest absolute Gasteiger partial charge is 0.497 e. The van der Waals surface area contributed by atoms with Crippen molar-refractivity contribution < 1.29 is 9.53 Å². The first-order valence-electron chi connectivity index (χ1n) is 6.66. The summed E-state index contributed by atoms with van der Waals surface area (Å²) in [6.07, 6.45) is 0. The molecule has 104 valence electrons. The van der Waals surface area contributed by atoms with E-state index >= 15 is 0 Å². The van der Waals surface area contributed by atoms with Gasteiger partial charge in [-0.05, 0) is 29.7 Å². The van der Waals surface area contributed by atoms with E-state index in [9.17, 15) is 4.79 Å². The maximum atomic E-state index is 12.5. The Hall–Kier alpha value is -1.55. The van der Waals surface area contributed by atoms with Gasteiger partial charge in [0, 0.05) is 31.7 Å². The predicted molar refractivity (Wildman–Crippen MR) is 75.5 cm³/mol. The molecule has 0 aromatic heterocycles. The summed E-state index contributed by atoms with van der Waals surface area (Å²) in [5.74, 6) is 0.869. The summed E-state index contributed by atoms with van der Waals surface area (Å²) in [4.78, 5) is 14.4. The lowest BCUT2D eigenvalue weighted by atomic mass is 9.93. The van der Waals surface area contributed by atoms with Gasteiger partial charge in [0.1, 0.15) is 5.75 Å². The van der Waals surface area contributed by atoms with Crippen molar-refractivity contribution >= 4 is 5.91 Å². The van der Waals surface area contributed by atoms with Crippen LogP contribution in [-0.2, 0) is 0 Å². The highest BCUT2D eigenvalue weighted by molar-refractivity contribution is 5.94. The Balaban J connectivity index is 2.12. The standard InChI is InChI=1S/C15H22N2O2/c1-15(2)10-16-8-9-17(11-15)14(18)12-4-6-13(19-3)7-5-12/h4-7,16H,8-11H2,1-3H3. The quantitative estimate of drug-likeness (QED) is 0.883. The van der Waals surface area contributed by atoms with Crippen LogP contribution in [0.3, 0.4) is 0 Å². The molecule has 1 aliphatic heterocycles. The Morgan fingerprint density at radius 2 is 2.00 bits per heavy atom. The average molecular weight is 262 g/mol. The van der Waals surface area contributed by atoms with Gasteiger partial charge in [-0.25, -0.2) is 0 Å². The third-order valence-electron chi connectivity index (χ3n) is 3.41. The van der Waals surface area contributed by atoms with E-state index < -0.39 is 0 Å². The van der Waals surface area contributed by atoms with Crippen LogP contribution in [0.15, 0.2) is 24.3 Å². The summed E-state index contributed by atoms with van der Waals surface area (Å²) in [5.41, 5.74) is 0.831. The number of nitrogens with zero attached hydrogens (tertiary/aromatic N) is 1. The molecule has 0 spiro atoms. The van der Waals surface area contributed by atoms with Gasteiger partial charge in [-0.15, -0.1) is 0 Å². The third-order valence-corrected chi connectivity index (χ3v) is 3.41. The molecule has 4 nitrogen and oxygen atoms in total. The number of methoxy groups -OCH3 is 1. The molecule has 1 N–H and O–H groups in total. The normalized spacial score (nSPS) is 18.8. The summed E-state index contributed by atoms with van der Waals surface area (Å²) in [7, 11) is 1.62. The second-order valence-corrected chi connectivity index (χ2v) is 5.80. The average Bonchev–Trinajstić information content (AvgIpc) is 2.59. The summed E-state index contributed by atoms with van der Waals surface area (Å²) in [5, 5.41) is 3.38. The van der Waals surface area contributed by atoms with Crippen molar-refractivity contribution in [1.82, 2.24) is 10.2 Å². The molecule has 0 aliphatic carbocycles. The van der Waals surface area contributed by atoms with E-state index in [2.05, 4.69) is 19.2 Å². The molecule has 1 amide bonds. The van der Waals surface area contributed by atoms with Gasteiger partial charge in [0.15, 0.2) is 0 Å². The first kappa shape index (κ1) is 13.9. The van der Waals surface area contributed by atoms with Gasteiger partial charge in [0.05, 0.1) is 7.11 Å². The van der Waals surface area contributed by atoms with Crippen LogP contribution >= 0.6 is 0 Å². The van der Waals surface area contributed by atoms with E-state index in [-0.39, 0.29) is 11.3 Å². The van der Waals surface area contributed by atoms with Crippen molar-refractivity contribution in [1.29, 1.82) is 0 Å². The highest BCUT2D eigenvalue weighted by atomic mass is 16.5. The monoisotopic (exact) mass is 262 g/mol. The van der Waals surface area contributed by atoms with Crippen LogP contribution in [0.5, 0.6) is 5.75 Å². The number of carbonyl (C=O) groups excluding carboxylic acids is 1. The van der Waals surface area contributed by atoms with Crippen molar-refractivity contribution in [2.75, 3.05) is 33.3 Å². The Labute approximate surface area is 114 Å². The van der Waals surface area contributed by atoms with Crippen LogP contribution in [0, 0.1) is 5.41 Å². The Kier molecular flexibility index (Phi) is 4.10. The van der Waals surface area contributed by atoms with E-state index in [0.29, 0.717) is 0 Å². The zero-order valence-electron chi connectivity index (χ0n) is 11.9. The van der Waals surface area contributed by atoms with Crippen molar-refractivity contribution in [3.05, 3.63) is 29.8 Å². The molecule has 0 atom stereocenters. The van der Waals surface area contributed by atoms with Crippen molar-refractivity contribution in [2.45, 2.75) is 13.8 Å². The van der Waals surface area contributed by atoms with E-state index in [4.69, 9.17) is 4.74 Å². The molecule has 19 heavy (non-hydrogen) atoms. The van der Waals surface area contributed by atoms with Crippen molar-refractivity contribution in [2.24, 2.45) is 5.41 Å². The predicted octanol–water partition coefficient (Wildman–Crippen LogP) is 1.77. The fraction of sp³-hybridized carbons (Fsp3) is 0.533. The van der Waals surface area contributed by atoms with E-state index in [1.165, 1.54) is 0 Å². The molecular formula is C15H22N2O2. The maximum absolute atomic E-state index is 12.5.